The van der Waals surface area contributed by atoms with Gasteiger partial charge in [0, 0.05) is 30.1 Å². The van der Waals surface area contributed by atoms with Crippen LogP contribution in [-0.4, -0.2) is 24.6 Å². The van der Waals surface area contributed by atoms with Crippen molar-refractivity contribution in [2.24, 2.45) is 39.4 Å². The van der Waals surface area contributed by atoms with E-state index in [2.05, 4.69) is 66.7 Å². The first kappa shape index (κ1) is 29.2. The van der Waals surface area contributed by atoms with E-state index in [1.165, 1.54) is 30.1 Å². The van der Waals surface area contributed by atoms with E-state index in [1.54, 1.807) is 6.92 Å². The Labute approximate surface area is 231 Å². The first-order valence-electron chi connectivity index (χ1n) is 15.1. The van der Waals surface area contributed by atoms with Crippen LogP contribution < -0.4 is 0 Å². The van der Waals surface area contributed by atoms with Gasteiger partial charge in [0.25, 0.3) is 0 Å². The van der Waals surface area contributed by atoms with Gasteiger partial charge in [0.2, 0.25) is 0 Å². The molecule has 4 rings (SSSR count). The summed E-state index contributed by atoms with van der Waals surface area (Å²) in [6, 6.07) is 0. The highest BCUT2D eigenvalue weighted by Crippen LogP contribution is 2.72. The minimum absolute atomic E-state index is 0.0325. The molecule has 0 bridgehead atoms. The summed E-state index contributed by atoms with van der Waals surface area (Å²) in [4.78, 5) is 24.0. The third-order valence-electron chi connectivity index (χ3n) is 11.5. The van der Waals surface area contributed by atoms with Crippen LogP contribution >= 0.6 is 0 Å². The number of ether oxygens (including phenoxy) is 2. The molecule has 38 heavy (non-hydrogen) atoms. The maximum Gasteiger partial charge on any atom is 0.302 e. The zero-order chi connectivity index (χ0) is 28.1. The van der Waals surface area contributed by atoms with Gasteiger partial charge in [-0.1, -0.05) is 65.3 Å². The fourth-order valence-electron chi connectivity index (χ4n) is 9.24. The lowest BCUT2D eigenvalue weighted by molar-refractivity contribution is -0.165. The fraction of sp³-hybridized carbons (Fsp3) is 0.765. The maximum atomic E-state index is 12.1. The SMILES string of the molecule is CC(=O)OC[C@]12CC=C3C(=CC[C@H]4C(C)(C)[C@@H](OC(C)=O)CC[C@]34C)[C@]1(C)CC[C@@H]2/C(C)=C\CCC(C)C. The second kappa shape index (κ2) is 10.3. The largest absolute Gasteiger partial charge is 0.465 e. The third-order valence-corrected chi connectivity index (χ3v) is 11.5. The van der Waals surface area contributed by atoms with Crippen molar-refractivity contribution in [1.82, 2.24) is 0 Å². The number of rotatable bonds is 7. The lowest BCUT2D eigenvalue weighted by Gasteiger charge is -2.61. The molecule has 4 nitrogen and oxygen atoms in total. The van der Waals surface area contributed by atoms with Gasteiger partial charge in [0.05, 0.1) is 6.61 Å². The summed E-state index contributed by atoms with van der Waals surface area (Å²) in [7, 11) is 0. The van der Waals surface area contributed by atoms with Crippen LogP contribution in [0.4, 0.5) is 0 Å². The molecule has 0 aromatic carbocycles. The van der Waals surface area contributed by atoms with Gasteiger partial charge in [-0.2, -0.15) is 0 Å². The van der Waals surface area contributed by atoms with E-state index in [-0.39, 0.29) is 39.7 Å². The molecule has 4 aliphatic rings. The maximum absolute atomic E-state index is 12.1. The molecule has 6 atom stereocenters. The molecule has 0 heterocycles. The third kappa shape index (κ3) is 4.62. The van der Waals surface area contributed by atoms with Crippen molar-refractivity contribution in [2.45, 2.75) is 120 Å². The molecule has 0 N–H and O–H groups in total. The van der Waals surface area contributed by atoms with Gasteiger partial charge < -0.3 is 9.47 Å². The monoisotopic (exact) mass is 524 g/mol. The average molecular weight is 525 g/mol. The second-order valence-electron chi connectivity index (χ2n) is 14.4. The van der Waals surface area contributed by atoms with Crippen molar-refractivity contribution in [1.29, 1.82) is 0 Å². The predicted octanol–water partition coefficient (Wildman–Crippen LogP) is 8.37. The van der Waals surface area contributed by atoms with Gasteiger partial charge in [0.15, 0.2) is 0 Å². The highest BCUT2D eigenvalue weighted by Gasteiger charge is 2.65. The van der Waals surface area contributed by atoms with Crippen molar-refractivity contribution < 1.29 is 19.1 Å². The van der Waals surface area contributed by atoms with E-state index in [0.717, 1.165) is 44.9 Å². The molecule has 0 aromatic heterocycles. The summed E-state index contributed by atoms with van der Waals surface area (Å²) >= 11 is 0. The Kier molecular flexibility index (Phi) is 7.89. The van der Waals surface area contributed by atoms with E-state index in [9.17, 15) is 9.59 Å². The number of carbonyl (C=O) groups excluding carboxylic acids is 2. The zero-order valence-electron chi connectivity index (χ0n) is 25.5. The van der Waals surface area contributed by atoms with E-state index in [4.69, 9.17) is 9.47 Å². The van der Waals surface area contributed by atoms with Crippen molar-refractivity contribution in [2.75, 3.05) is 6.61 Å². The van der Waals surface area contributed by atoms with Gasteiger partial charge in [-0.3, -0.25) is 9.59 Å². The number of fused-ring (bicyclic) bond motifs is 5. The Morgan fingerprint density at radius 3 is 2.34 bits per heavy atom. The second-order valence-corrected chi connectivity index (χ2v) is 14.4. The van der Waals surface area contributed by atoms with E-state index in [0.29, 0.717) is 24.4 Å². The average Bonchev–Trinajstić information content (AvgIpc) is 3.12. The van der Waals surface area contributed by atoms with Crippen LogP contribution in [0.1, 0.15) is 114 Å². The highest BCUT2D eigenvalue weighted by molar-refractivity contribution is 5.66. The van der Waals surface area contributed by atoms with Crippen molar-refractivity contribution in [3.63, 3.8) is 0 Å². The molecule has 0 radical (unpaired) electrons. The minimum Gasteiger partial charge on any atom is -0.465 e. The van der Waals surface area contributed by atoms with Crippen molar-refractivity contribution >= 4 is 11.9 Å². The molecule has 4 aliphatic carbocycles. The Bertz CT molecular complexity index is 1040. The Morgan fingerprint density at radius 1 is 1.00 bits per heavy atom. The van der Waals surface area contributed by atoms with Gasteiger partial charge in [-0.25, -0.2) is 0 Å². The summed E-state index contributed by atoms with van der Waals surface area (Å²) in [5.41, 5.74) is 4.32. The van der Waals surface area contributed by atoms with Crippen molar-refractivity contribution in [3.8, 4) is 0 Å². The van der Waals surface area contributed by atoms with E-state index in [1.807, 2.05) is 0 Å². The van der Waals surface area contributed by atoms with Gasteiger partial charge in [-0.05, 0) is 92.6 Å². The topological polar surface area (TPSA) is 52.6 Å². The number of hydrogen-bond donors (Lipinski definition) is 0. The van der Waals surface area contributed by atoms with Gasteiger partial charge in [-0.15, -0.1) is 0 Å². The standard InChI is InChI=1S/C34H52O4/c1-22(2)11-10-12-23(3)26-15-19-33(9)28-13-14-29-31(6,7)30(38-25(5)36)17-18-32(29,8)27(28)16-20-34(26,33)21-37-24(4)35/h12-13,16,22,26,29-30H,10-11,14-15,17-21H2,1-9H3/b23-12-/t26-,29+,30+,32-,33+,34+/m1/s1. The molecule has 0 unspecified atom stereocenters. The quantitative estimate of drug-likeness (QED) is 0.248. The van der Waals surface area contributed by atoms with E-state index < -0.39 is 0 Å². The minimum atomic E-state index is -0.182. The van der Waals surface area contributed by atoms with Crippen LogP contribution in [0.25, 0.3) is 0 Å². The molecule has 0 aliphatic heterocycles. The summed E-state index contributed by atoms with van der Waals surface area (Å²) in [6.07, 6.45) is 16.0. The van der Waals surface area contributed by atoms with Crippen LogP contribution in [0, 0.1) is 39.4 Å². The van der Waals surface area contributed by atoms with Crippen molar-refractivity contribution in [3.05, 3.63) is 34.9 Å². The summed E-state index contributed by atoms with van der Waals surface area (Å²) in [6.45, 7) is 20.0. The van der Waals surface area contributed by atoms with Crippen LogP contribution in [0.15, 0.2) is 34.9 Å². The summed E-state index contributed by atoms with van der Waals surface area (Å²) < 4.78 is 11.7. The highest BCUT2D eigenvalue weighted by atomic mass is 16.5. The molecule has 212 valence electrons. The molecule has 4 heteroatoms. The van der Waals surface area contributed by atoms with Crippen LogP contribution in [0.3, 0.4) is 0 Å². The molecule has 2 fully saturated rings. The zero-order valence-corrected chi connectivity index (χ0v) is 25.5. The molecular formula is C34H52O4. The first-order chi connectivity index (χ1) is 17.7. The Hall–Kier alpha value is -1.84. The van der Waals surface area contributed by atoms with Crippen LogP contribution in [0.2, 0.25) is 0 Å². The molecule has 0 amide bonds. The Morgan fingerprint density at radius 2 is 1.71 bits per heavy atom. The Balaban J connectivity index is 1.74. The van der Waals surface area contributed by atoms with Crippen LogP contribution in [0.5, 0.6) is 0 Å². The molecular weight excluding hydrogens is 472 g/mol. The first-order valence-corrected chi connectivity index (χ1v) is 15.1. The lowest BCUT2D eigenvalue weighted by Crippen LogP contribution is -2.56. The number of hydrogen-bond acceptors (Lipinski definition) is 4. The summed E-state index contributed by atoms with van der Waals surface area (Å²) in [5, 5.41) is 0. The van der Waals surface area contributed by atoms with E-state index >= 15 is 0 Å². The van der Waals surface area contributed by atoms with Gasteiger partial charge >= 0.3 is 11.9 Å². The molecule has 0 aromatic rings. The normalized spacial score (nSPS) is 37.9. The predicted molar refractivity (Wildman–Crippen MR) is 153 cm³/mol. The lowest BCUT2D eigenvalue weighted by atomic mass is 9.44. The van der Waals surface area contributed by atoms with Gasteiger partial charge in [0.1, 0.15) is 6.10 Å². The molecule has 0 saturated heterocycles. The number of carbonyl (C=O) groups is 2. The smallest absolute Gasteiger partial charge is 0.302 e. The number of allylic oxidation sites excluding steroid dienone is 6. The van der Waals surface area contributed by atoms with Crippen LogP contribution in [-0.2, 0) is 19.1 Å². The summed E-state index contributed by atoms with van der Waals surface area (Å²) in [5.74, 6) is 1.18. The number of esters is 2. The molecule has 2 saturated carbocycles. The fourth-order valence-corrected chi connectivity index (χ4v) is 9.24. The molecule has 0 spiro atoms.